The predicted molar refractivity (Wildman–Crippen MR) is 123 cm³/mol. The summed E-state index contributed by atoms with van der Waals surface area (Å²) in [5.41, 5.74) is 5.00. The first-order chi connectivity index (χ1) is 15.2. The SMILES string of the molecule is Cc1cc(C(=O)N(C2CCCCC2)C2CCCC2)ccc1Cn1cnc2cccnc21. The summed E-state index contributed by atoms with van der Waals surface area (Å²) in [5, 5.41) is 0. The zero-order valence-electron chi connectivity index (χ0n) is 18.5. The summed E-state index contributed by atoms with van der Waals surface area (Å²) in [5.74, 6) is 0.239. The minimum absolute atomic E-state index is 0.239. The van der Waals surface area contributed by atoms with Gasteiger partial charge >= 0.3 is 0 Å². The molecule has 2 saturated carbocycles. The third-order valence-electron chi connectivity index (χ3n) is 7.23. The van der Waals surface area contributed by atoms with E-state index in [4.69, 9.17) is 0 Å². The van der Waals surface area contributed by atoms with E-state index in [-0.39, 0.29) is 5.91 Å². The molecule has 0 aliphatic heterocycles. The van der Waals surface area contributed by atoms with Crippen LogP contribution < -0.4 is 0 Å². The summed E-state index contributed by atoms with van der Waals surface area (Å²) in [7, 11) is 0. The molecule has 0 radical (unpaired) electrons. The maximum absolute atomic E-state index is 13.7. The summed E-state index contributed by atoms with van der Waals surface area (Å²) in [4.78, 5) is 24.9. The Morgan fingerprint density at radius 1 is 1.00 bits per heavy atom. The maximum atomic E-state index is 13.7. The number of hydrogen-bond acceptors (Lipinski definition) is 3. The standard InChI is InChI=1S/C26H32N4O/c1-19-16-20(13-14-21(19)17-29-18-28-24-12-7-15-27-25(24)29)26(31)30(23-10-5-6-11-23)22-8-3-2-4-9-22/h7,12-16,18,22-23H,2-6,8-11,17H2,1H3. The number of pyridine rings is 1. The third kappa shape index (κ3) is 4.10. The molecule has 2 aliphatic rings. The van der Waals surface area contributed by atoms with Crippen LogP contribution in [0.1, 0.15) is 79.3 Å². The lowest BCUT2D eigenvalue weighted by Crippen LogP contribution is -2.47. The van der Waals surface area contributed by atoms with Gasteiger partial charge in [-0.15, -0.1) is 0 Å². The Morgan fingerprint density at radius 2 is 1.71 bits per heavy atom. The van der Waals surface area contributed by atoms with Crippen molar-refractivity contribution in [1.29, 1.82) is 0 Å². The van der Waals surface area contributed by atoms with Crippen molar-refractivity contribution in [2.45, 2.75) is 83.3 Å². The molecule has 0 unspecified atom stereocenters. The van der Waals surface area contributed by atoms with E-state index in [9.17, 15) is 4.79 Å². The van der Waals surface area contributed by atoms with Gasteiger partial charge < -0.3 is 9.47 Å². The van der Waals surface area contributed by atoms with Crippen molar-refractivity contribution in [1.82, 2.24) is 19.4 Å². The number of fused-ring (bicyclic) bond motifs is 1. The number of aryl methyl sites for hydroxylation is 1. The average molecular weight is 417 g/mol. The molecular formula is C26H32N4O. The number of nitrogens with zero attached hydrogens (tertiary/aromatic N) is 4. The Labute approximate surface area is 184 Å². The van der Waals surface area contributed by atoms with Gasteiger partial charge in [-0.3, -0.25) is 4.79 Å². The molecule has 0 saturated heterocycles. The molecule has 2 aliphatic carbocycles. The third-order valence-corrected chi connectivity index (χ3v) is 7.23. The lowest BCUT2D eigenvalue weighted by Gasteiger charge is -2.39. The highest BCUT2D eigenvalue weighted by Crippen LogP contribution is 2.32. The first-order valence-electron chi connectivity index (χ1n) is 11.9. The van der Waals surface area contributed by atoms with Crippen LogP contribution >= 0.6 is 0 Å². The Hall–Kier alpha value is -2.69. The first kappa shape index (κ1) is 20.2. The Balaban J connectivity index is 1.39. The smallest absolute Gasteiger partial charge is 0.254 e. The van der Waals surface area contributed by atoms with E-state index >= 15 is 0 Å². The van der Waals surface area contributed by atoms with Crippen LogP contribution in [0.25, 0.3) is 11.2 Å². The normalized spacial score (nSPS) is 18.0. The molecule has 5 nitrogen and oxygen atoms in total. The number of carbonyl (C=O) groups excluding carboxylic acids is 1. The van der Waals surface area contributed by atoms with Gasteiger partial charge in [0.15, 0.2) is 5.65 Å². The van der Waals surface area contributed by atoms with Crippen molar-refractivity contribution in [3.63, 3.8) is 0 Å². The van der Waals surface area contributed by atoms with Crippen LogP contribution in [0.5, 0.6) is 0 Å². The summed E-state index contributed by atoms with van der Waals surface area (Å²) in [6.07, 6.45) is 14.7. The second-order valence-electron chi connectivity index (χ2n) is 9.30. The van der Waals surface area contributed by atoms with Gasteiger partial charge in [0.25, 0.3) is 5.91 Å². The summed E-state index contributed by atoms with van der Waals surface area (Å²) < 4.78 is 2.08. The highest BCUT2D eigenvalue weighted by Gasteiger charge is 2.33. The Kier molecular flexibility index (Phi) is 5.75. The van der Waals surface area contributed by atoms with E-state index in [1.807, 2.05) is 24.5 Å². The summed E-state index contributed by atoms with van der Waals surface area (Å²) in [6.45, 7) is 2.82. The van der Waals surface area contributed by atoms with E-state index in [0.717, 1.165) is 22.3 Å². The molecule has 2 heterocycles. The number of aromatic nitrogens is 3. The Bertz CT molecular complexity index is 1060. The second kappa shape index (κ2) is 8.81. The van der Waals surface area contributed by atoms with Crippen molar-refractivity contribution < 1.29 is 4.79 Å². The molecule has 1 amide bonds. The molecule has 0 atom stereocenters. The quantitative estimate of drug-likeness (QED) is 0.551. The van der Waals surface area contributed by atoms with Gasteiger partial charge in [-0.2, -0.15) is 0 Å². The van der Waals surface area contributed by atoms with Crippen LogP contribution in [0, 0.1) is 6.92 Å². The lowest BCUT2D eigenvalue weighted by atomic mass is 9.92. The number of amides is 1. The van der Waals surface area contributed by atoms with E-state index < -0.39 is 0 Å². The highest BCUT2D eigenvalue weighted by molar-refractivity contribution is 5.95. The van der Waals surface area contributed by atoms with Crippen LogP contribution in [0.3, 0.4) is 0 Å². The molecular weight excluding hydrogens is 384 g/mol. The number of rotatable bonds is 5. The Morgan fingerprint density at radius 3 is 2.42 bits per heavy atom. The fourth-order valence-electron chi connectivity index (χ4n) is 5.52. The topological polar surface area (TPSA) is 51.0 Å². The van der Waals surface area contributed by atoms with E-state index in [1.54, 1.807) is 6.20 Å². The van der Waals surface area contributed by atoms with Gasteiger partial charge in [0.1, 0.15) is 5.52 Å². The zero-order valence-corrected chi connectivity index (χ0v) is 18.5. The van der Waals surface area contributed by atoms with Gasteiger partial charge in [0.2, 0.25) is 0 Å². The average Bonchev–Trinajstić information content (AvgIpc) is 3.47. The molecule has 3 aromatic rings. The second-order valence-corrected chi connectivity index (χ2v) is 9.30. The molecule has 5 heteroatoms. The minimum atomic E-state index is 0.239. The molecule has 0 spiro atoms. The molecule has 0 N–H and O–H groups in total. The molecule has 31 heavy (non-hydrogen) atoms. The van der Waals surface area contributed by atoms with Crippen LogP contribution in [0.2, 0.25) is 0 Å². The molecule has 2 aromatic heterocycles. The fraction of sp³-hybridized carbons (Fsp3) is 0.500. The maximum Gasteiger partial charge on any atom is 0.254 e. The van der Waals surface area contributed by atoms with Crippen LogP contribution in [0.15, 0.2) is 42.9 Å². The highest BCUT2D eigenvalue weighted by atomic mass is 16.2. The number of carbonyl (C=O) groups is 1. The van der Waals surface area contributed by atoms with Crippen LogP contribution in [-0.2, 0) is 6.54 Å². The predicted octanol–water partition coefficient (Wildman–Crippen LogP) is 5.51. The number of benzene rings is 1. The number of hydrogen-bond donors (Lipinski definition) is 0. The number of imidazole rings is 1. The summed E-state index contributed by atoms with van der Waals surface area (Å²) in [6, 6.07) is 11.0. The van der Waals surface area contributed by atoms with E-state index in [2.05, 4.69) is 38.5 Å². The van der Waals surface area contributed by atoms with Crippen molar-refractivity contribution >= 4 is 17.1 Å². The zero-order chi connectivity index (χ0) is 21.2. The first-order valence-corrected chi connectivity index (χ1v) is 11.9. The van der Waals surface area contributed by atoms with E-state index in [1.165, 1.54) is 63.4 Å². The van der Waals surface area contributed by atoms with Gasteiger partial charge in [0.05, 0.1) is 12.9 Å². The van der Waals surface area contributed by atoms with Gasteiger partial charge in [-0.1, -0.05) is 38.2 Å². The fourth-order valence-corrected chi connectivity index (χ4v) is 5.52. The molecule has 162 valence electrons. The van der Waals surface area contributed by atoms with Crippen molar-refractivity contribution in [3.8, 4) is 0 Å². The molecule has 1 aromatic carbocycles. The minimum Gasteiger partial charge on any atom is -0.333 e. The van der Waals surface area contributed by atoms with Crippen molar-refractivity contribution in [2.24, 2.45) is 0 Å². The summed E-state index contributed by atoms with van der Waals surface area (Å²) >= 11 is 0. The van der Waals surface area contributed by atoms with Gasteiger partial charge in [0, 0.05) is 23.8 Å². The van der Waals surface area contributed by atoms with Gasteiger partial charge in [-0.05, 0) is 68.0 Å². The molecule has 5 rings (SSSR count). The van der Waals surface area contributed by atoms with Crippen LogP contribution in [0.4, 0.5) is 0 Å². The molecule has 2 fully saturated rings. The monoisotopic (exact) mass is 416 g/mol. The lowest BCUT2D eigenvalue weighted by molar-refractivity contribution is 0.0518. The molecule has 0 bridgehead atoms. The van der Waals surface area contributed by atoms with Crippen molar-refractivity contribution in [2.75, 3.05) is 0 Å². The van der Waals surface area contributed by atoms with Crippen LogP contribution in [-0.4, -0.2) is 37.4 Å². The van der Waals surface area contributed by atoms with Crippen molar-refractivity contribution in [3.05, 3.63) is 59.5 Å². The largest absolute Gasteiger partial charge is 0.333 e. The van der Waals surface area contributed by atoms with E-state index in [0.29, 0.717) is 18.6 Å². The van der Waals surface area contributed by atoms with Gasteiger partial charge in [-0.25, -0.2) is 9.97 Å².